The average Bonchev–Trinajstić information content (AvgIpc) is 3.13. The van der Waals surface area contributed by atoms with Gasteiger partial charge in [-0.25, -0.2) is 0 Å². The van der Waals surface area contributed by atoms with Gasteiger partial charge in [0.1, 0.15) is 6.54 Å². The van der Waals surface area contributed by atoms with E-state index in [1.807, 2.05) is 43.8 Å². The molecular weight excluding hydrogens is 432 g/mol. The number of carbonyl (C=O) groups is 2. The van der Waals surface area contributed by atoms with E-state index >= 15 is 0 Å². The van der Waals surface area contributed by atoms with E-state index in [-0.39, 0.29) is 34.6 Å². The molecule has 2 amide bonds. The van der Waals surface area contributed by atoms with Gasteiger partial charge < -0.3 is 14.4 Å². The van der Waals surface area contributed by atoms with E-state index in [0.717, 1.165) is 24.6 Å². The fraction of sp³-hybridized carbons (Fsp3) is 0.478. The van der Waals surface area contributed by atoms with Crippen LogP contribution in [0.25, 0.3) is 0 Å². The van der Waals surface area contributed by atoms with Crippen LogP contribution in [0.2, 0.25) is 5.02 Å². The minimum absolute atomic E-state index is 0.00273. The van der Waals surface area contributed by atoms with E-state index < -0.39 is 10.8 Å². The molecular formula is C23H31ClN4O4. The average molecular weight is 463 g/mol. The van der Waals surface area contributed by atoms with Crippen molar-refractivity contribution in [3.63, 3.8) is 0 Å². The van der Waals surface area contributed by atoms with Crippen LogP contribution in [0, 0.1) is 16.0 Å². The van der Waals surface area contributed by atoms with Gasteiger partial charge in [0.2, 0.25) is 5.91 Å². The number of aryl methyl sites for hydroxylation is 1. The Kier molecular flexibility index (Phi) is 9.26. The number of aromatic nitrogens is 1. The molecule has 0 fully saturated rings. The fourth-order valence-electron chi connectivity index (χ4n) is 3.38. The molecule has 2 rings (SSSR count). The van der Waals surface area contributed by atoms with Crippen molar-refractivity contribution in [2.45, 2.75) is 40.2 Å². The van der Waals surface area contributed by atoms with Crippen LogP contribution < -0.4 is 0 Å². The van der Waals surface area contributed by atoms with Crippen LogP contribution in [0.15, 0.2) is 36.5 Å². The lowest BCUT2D eigenvalue weighted by atomic mass is 10.1. The SMILES string of the molecule is CCCCN(Cc1cccn1C)C(=O)CN(CC(C)C)C(=O)c1ccc([N+](=O)[O-])cc1Cl. The second-order valence-electron chi connectivity index (χ2n) is 8.28. The zero-order valence-electron chi connectivity index (χ0n) is 19.1. The molecule has 1 aromatic carbocycles. The van der Waals surface area contributed by atoms with E-state index in [4.69, 9.17) is 11.6 Å². The molecule has 0 saturated heterocycles. The predicted octanol–water partition coefficient (Wildman–Crippen LogP) is 4.51. The molecule has 174 valence electrons. The van der Waals surface area contributed by atoms with E-state index in [0.29, 0.717) is 19.6 Å². The van der Waals surface area contributed by atoms with Crippen LogP contribution in [0.5, 0.6) is 0 Å². The Morgan fingerprint density at radius 2 is 1.94 bits per heavy atom. The highest BCUT2D eigenvalue weighted by Gasteiger charge is 2.25. The zero-order chi connectivity index (χ0) is 23.8. The van der Waals surface area contributed by atoms with Crippen LogP contribution in [0.4, 0.5) is 5.69 Å². The summed E-state index contributed by atoms with van der Waals surface area (Å²) in [5.41, 5.74) is 0.967. The first kappa shape index (κ1) is 25.4. The molecule has 2 aromatic rings. The number of non-ortho nitro benzene ring substituents is 1. The minimum Gasteiger partial charge on any atom is -0.353 e. The summed E-state index contributed by atoms with van der Waals surface area (Å²) in [5, 5.41) is 11.0. The highest BCUT2D eigenvalue weighted by molar-refractivity contribution is 6.34. The number of nitro groups is 1. The Bertz CT molecular complexity index is 957. The summed E-state index contributed by atoms with van der Waals surface area (Å²) in [6.45, 7) is 7.33. The fourth-order valence-corrected chi connectivity index (χ4v) is 3.64. The van der Waals surface area contributed by atoms with Crippen molar-refractivity contribution in [1.82, 2.24) is 14.4 Å². The lowest BCUT2D eigenvalue weighted by Crippen LogP contribution is -2.44. The van der Waals surface area contributed by atoms with Crippen LogP contribution >= 0.6 is 11.6 Å². The molecule has 0 unspecified atom stereocenters. The summed E-state index contributed by atoms with van der Waals surface area (Å²) < 4.78 is 1.97. The summed E-state index contributed by atoms with van der Waals surface area (Å²) >= 11 is 6.18. The van der Waals surface area contributed by atoms with Gasteiger partial charge in [0.15, 0.2) is 0 Å². The molecule has 9 heteroatoms. The van der Waals surface area contributed by atoms with E-state index in [2.05, 4.69) is 6.92 Å². The maximum Gasteiger partial charge on any atom is 0.270 e. The molecule has 0 spiro atoms. The second-order valence-corrected chi connectivity index (χ2v) is 8.69. The highest BCUT2D eigenvalue weighted by Crippen LogP contribution is 2.24. The number of nitrogens with zero attached hydrogens (tertiary/aromatic N) is 4. The van der Waals surface area contributed by atoms with Gasteiger partial charge in [0.25, 0.3) is 11.6 Å². The number of unbranched alkanes of at least 4 members (excludes halogenated alkanes) is 1. The van der Waals surface area contributed by atoms with Crippen molar-refractivity contribution in [3.05, 3.63) is 62.9 Å². The number of halogens is 1. The van der Waals surface area contributed by atoms with Crippen molar-refractivity contribution in [2.75, 3.05) is 19.6 Å². The molecule has 1 aromatic heterocycles. The lowest BCUT2D eigenvalue weighted by molar-refractivity contribution is -0.384. The number of carbonyl (C=O) groups excluding carboxylic acids is 2. The Balaban J connectivity index is 2.25. The van der Waals surface area contributed by atoms with Gasteiger partial charge >= 0.3 is 0 Å². The first-order valence-electron chi connectivity index (χ1n) is 10.7. The van der Waals surface area contributed by atoms with Gasteiger partial charge in [0, 0.05) is 44.2 Å². The number of rotatable bonds is 11. The summed E-state index contributed by atoms with van der Waals surface area (Å²) in [5.74, 6) is -0.437. The van der Waals surface area contributed by atoms with Crippen molar-refractivity contribution in [3.8, 4) is 0 Å². The smallest absolute Gasteiger partial charge is 0.270 e. The molecule has 0 atom stereocenters. The third-order valence-electron chi connectivity index (χ3n) is 5.13. The number of nitro benzene ring substituents is 1. The molecule has 0 saturated carbocycles. The number of amides is 2. The molecule has 0 aliphatic carbocycles. The maximum atomic E-state index is 13.2. The van der Waals surface area contributed by atoms with Gasteiger partial charge in [-0.05, 0) is 30.5 Å². The highest BCUT2D eigenvalue weighted by atomic mass is 35.5. The topological polar surface area (TPSA) is 88.7 Å². The quantitative estimate of drug-likeness (QED) is 0.363. The molecule has 8 nitrogen and oxygen atoms in total. The van der Waals surface area contributed by atoms with Crippen LogP contribution in [0.3, 0.4) is 0 Å². The summed E-state index contributed by atoms with van der Waals surface area (Å²) in [4.78, 5) is 40.1. The van der Waals surface area contributed by atoms with E-state index in [1.54, 1.807) is 4.90 Å². The first-order valence-corrected chi connectivity index (χ1v) is 11.1. The van der Waals surface area contributed by atoms with Crippen LogP contribution in [-0.4, -0.2) is 50.7 Å². The molecule has 0 radical (unpaired) electrons. The van der Waals surface area contributed by atoms with Gasteiger partial charge in [0.05, 0.1) is 22.1 Å². The molecule has 0 aliphatic heterocycles. The monoisotopic (exact) mass is 462 g/mol. The Labute approximate surface area is 193 Å². The van der Waals surface area contributed by atoms with Crippen LogP contribution in [0.1, 0.15) is 49.7 Å². The number of hydrogen-bond donors (Lipinski definition) is 0. The van der Waals surface area contributed by atoms with Crippen molar-refractivity contribution in [2.24, 2.45) is 13.0 Å². The lowest BCUT2D eigenvalue weighted by Gasteiger charge is -2.29. The third-order valence-corrected chi connectivity index (χ3v) is 5.44. The molecule has 0 bridgehead atoms. The van der Waals surface area contributed by atoms with Gasteiger partial charge in [-0.1, -0.05) is 38.8 Å². The zero-order valence-corrected chi connectivity index (χ0v) is 19.8. The largest absolute Gasteiger partial charge is 0.353 e. The normalized spacial score (nSPS) is 10.9. The Morgan fingerprint density at radius 3 is 2.47 bits per heavy atom. The first-order chi connectivity index (χ1) is 15.1. The maximum absolute atomic E-state index is 13.2. The summed E-state index contributed by atoms with van der Waals surface area (Å²) in [6, 6.07) is 7.66. The third kappa shape index (κ3) is 6.82. The van der Waals surface area contributed by atoms with Crippen molar-refractivity contribution >= 4 is 29.1 Å². The minimum atomic E-state index is -0.565. The predicted molar refractivity (Wildman–Crippen MR) is 125 cm³/mol. The standard InChI is InChI=1S/C23H31ClN4O4/c1-5-6-12-26(15-19-8-7-11-25(19)4)22(29)16-27(14-17(2)3)23(30)20-10-9-18(28(31)32)13-21(20)24/h7-11,13,17H,5-6,12,14-16H2,1-4H3. The number of benzene rings is 1. The summed E-state index contributed by atoms with van der Waals surface area (Å²) in [7, 11) is 1.93. The van der Waals surface area contributed by atoms with Crippen molar-refractivity contribution < 1.29 is 14.5 Å². The van der Waals surface area contributed by atoms with E-state index in [1.165, 1.54) is 17.0 Å². The second kappa shape index (κ2) is 11.7. The Hall–Kier alpha value is -2.87. The van der Waals surface area contributed by atoms with Crippen LogP contribution in [-0.2, 0) is 18.4 Å². The van der Waals surface area contributed by atoms with Gasteiger partial charge in [-0.2, -0.15) is 0 Å². The molecule has 0 aliphatic rings. The summed E-state index contributed by atoms with van der Waals surface area (Å²) in [6.07, 6.45) is 3.75. The van der Waals surface area contributed by atoms with E-state index in [9.17, 15) is 19.7 Å². The molecule has 0 N–H and O–H groups in total. The molecule has 1 heterocycles. The molecule has 32 heavy (non-hydrogen) atoms. The number of hydrogen-bond acceptors (Lipinski definition) is 4. The van der Waals surface area contributed by atoms with Gasteiger partial charge in [-0.15, -0.1) is 0 Å². The van der Waals surface area contributed by atoms with Gasteiger partial charge in [-0.3, -0.25) is 19.7 Å². The Morgan fingerprint density at radius 1 is 1.22 bits per heavy atom. The van der Waals surface area contributed by atoms with Crippen molar-refractivity contribution in [1.29, 1.82) is 0 Å².